The zero-order valence-corrected chi connectivity index (χ0v) is 13.8. The lowest BCUT2D eigenvalue weighted by atomic mass is 9.80. The standard InChI is InChI=1S/C17H15BrO5/c18-10-3-1-8(2-4-10)12(19)7-22-16(20)14-9-5-11-13(6-9)23-17(21)15(11)14/h1-4,9,11,13-15H,5-7H2/t9-,11-,13-,14-,15+/m1/s1. The second kappa shape index (κ2) is 5.44. The molecule has 0 spiro atoms. The van der Waals surface area contributed by atoms with E-state index < -0.39 is 11.9 Å². The van der Waals surface area contributed by atoms with Crippen molar-refractivity contribution in [2.75, 3.05) is 6.61 Å². The minimum absolute atomic E-state index is 0.00838. The third-order valence-corrected chi connectivity index (χ3v) is 5.80. The molecule has 3 fully saturated rings. The van der Waals surface area contributed by atoms with Crippen LogP contribution in [0.25, 0.3) is 0 Å². The van der Waals surface area contributed by atoms with Crippen LogP contribution in [0.2, 0.25) is 0 Å². The van der Waals surface area contributed by atoms with Crippen LogP contribution in [0.3, 0.4) is 0 Å². The van der Waals surface area contributed by atoms with E-state index in [2.05, 4.69) is 15.9 Å². The number of ether oxygens (including phenoxy) is 2. The van der Waals surface area contributed by atoms with E-state index in [-0.39, 0.29) is 42.2 Å². The summed E-state index contributed by atoms with van der Waals surface area (Å²) >= 11 is 3.30. The Kier molecular flexibility index (Phi) is 3.52. The molecule has 120 valence electrons. The summed E-state index contributed by atoms with van der Waals surface area (Å²) in [4.78, 5) is 36.3. The number of halogens is 1. The first-order valence-corrected chi connectivity index (χ1v) is 8.50. The minimum Gasteiger partial charge on any atom is -0.462 e. The normalized spacial score (nSPS) is 33.6. The SMILES string of the molecule is O=C(COC(=O)[C@@H]1[C@@H]2C[C@H]3[C@@H]1C(=O)O[C@@H]3C2)c1ccc(Br)cc1. The third-order valence-electron chi connectivity index (χ3n) is 5.27. The molecule has 2 saturated carbocycles. The smallest absolute Gasteiger partial charge is 0.310 e. The summed E-state index contributed by atoms with van der Waals surface area (Å²) in [5.74, 6) is -1.46. The number of esters is 2. The average molecular weight is 379 g/mol. The van der Waals surface area contributed by atoms with E-state index in [0.717, 1.165) is 17.3 Å². The van der Waals surface area contributed by atoms with Crippen LogP contribution >= 0.6 is 15.9 Å². The number of hydrogen-bond donors (Lipinski definition) is 0. The molecule has 1 heterocycles. The van der Waals surface area contributed by atoms with Gasteiger partial charge in [0.15, 0.2) is 12.4 Å². The molecule has 1 aliphatic heterocycles. The Morgan fingerprint density at radius 2 is 1.96 bits per heavy atom. The zero-order chi connectivity index (χ0) is 16.1. The van der Waals surface area contributed by atoms with Crippen LogP contribution in [-0.2, 0) is 19.1 Å². The summed E-state index contributed by atoms with van der Waals surface area (Å²) in [5.41, 5.74) is 0.495. The molecular formula is C17H15BrO5. The Bertz CT molecular complexity index is 681. The predicted molar refractivity (Wildman–Crippen MR) is 82.5 cm³/mol. The van der Waals surface area contributed by atoms with Crippen LogP contribution in [0.5, 0.6) is 0 Å². The summed E-state index contributed by atoms with van der Waals surface area (Å²) in [6, 6.07) is 6.88. The van der Waals surface area contributed by atoms with Gasteiger partial charge in [0, 0.05) is 16.0 Å². The number of Topliss-reactive ketones (excluding diaryl/α,β-unsaturated/α-hetero) is 1. The fourth-order valence-electron chi connectivity index (χ4n) is 4.28. The Hall–Kier alpha value is -1.69. The summed E-state index contributed by atoms with van der Waals surface area (Å²) < 4.78 is 11.4. The maximum absolute atomic E-state index is 12.4. The van der Waals surface area contributed by atoms with Crippen LogP contribution in [0.15, 0.2) is 28.7 Å². The van der Waals surface area contributed by atoms with Gasteiger partial charge in [-0.05, 0) is 30.9 Å². The van der Waals surface area contributed by atoms with Crippen LogP contribution in [0.4, 0.5) is 0 Å². The van der Waals surface area contributed by atoms with Crippen molar-refractivity contribution in [2.45, 2.75) is 18.9 Å². The van der Waals surface area contributed by atoms with Crippen LogP contribution in [-0.4, -0.2) is 30.4 Å². The molecule has 5 nitrogen and oxygen atoms in total. The van der Waals surface area contributed by atoms with Gasteiger partial charge >= 0.3 is 11.9 Å². The lowest BCUT2D eigenvalue weighted by Gasteiger charge is -2.22. The van der Waals surface area contributed by atoms with Crippen molar-refractivity contribution < 1.29 is 23.9 Å². The highest BCUT2D eigenvalue weighted by Crippen LogP contribution is 2.57. The van der Waals surface area contributed by atoms with Gasteiger partial charge in [-0.3, -0.25) is 14.4 Å². The van der Waals surface area contributed by atoms with Crippen LogP contribution in [0, 0.1) is 23.7 Å². The number of hydrogen-bond acceptors (Lipinski definition) is 5. The maximum Gasteiger partial charge on any atom is 0.310 e. The third kappa shape index (κ3) is 2.40. The zero-order valence-electron chi connectivity index (χ0n) is 12.2. The van der Waals surface area contributed by atoms with Gasteiger partial charge in [0.05, 0.1) is 11.8 Å². The molecule has 4 rings (SSSR count). The molecule has 23 heavy (non-hydrogen) atoms. The van der Waals surface area contributed by atoms with Crippen molar-refractivity contribution in [2.24, 2.45) is 23.7 Å². The highest BCUT2D eigenvalue weighted by Gasteiger charge is 2.64. The molecule has 5 atom stereocenters. The maximum atomic E-state index is 12.4. The molecule has 6 heteroatoms. The monoisotopic (exact) mass is 378 g/mol. The van der Waals surface area contributed by atoms with Crippen molar-refractivity contribution in [1.82, 2.24) is 0 Å². The number of rotatable bonds is 4. The molecule has 0 radical (unpaired) electrons. The highest BCUT2D eigenvalue weighted by atomic mass is 79.9. The average Bonchev–Trinajstić information content (AvgIpc) is 3.14. The molecule has 0 aromatic heterocycles. The van der Waals surface area contributed by atoms with Crippen molar-refractivity contribution in [3.05, 3.63) is 34.3 Å². The molecule has 3 aliphatic rings. The van der Waals surface area contributed by atoms with E-state index >= 15 is 0 Å². The molecule has 0 unspecified atom stereocenters. The van der Waals surface area contributed by atoms with Gasteiger partial charge in [0.2, 0.25) is 0 Å². The van der Waals surface area contributed by atoms with E-state index in [1.165, 1.54) is 0 Å². The number of fused-ring (bicyclic) bond motifs is 1. The first-order chi connectivity index (χ1) is 11.0. The number of benzene rings is 1. The van der Waals surface area contributed by atoms with E-state index in [1.54, 1.807) is 24.3 Å². The van der Waals surface area contributed by atoms with Crippen LogP contribution in [0.1, 0.15) is 23.2 Å². The van der Waals surface area contributed by atoms with Gasteiger partial charge in [-0.25, -0.2) is 0 Å². The van der Waals surface area contributed by atoms with Gasteiger partial charge in [-0.2, -0.15) is 0 Å². The Labute approximate surface area is 141 Å². The molecule has 0 N–H and O–H groups in total. The first kappa shape index (κ1) is 14.9. The van der Waals surface area contributed by atoms with E-state index in [1.807, 2.05) is 0 Å². The van der Waals surface area contributed by atoms with Crippen molar-refractivity contribution >= 4 is 33.7 Å². The van der Waals surface area contributed by atoms with Gasteiger partial charge in [-0.1, -0.05) is 28.1 Å². The highest BCUT2D eigenvalue weighted by molar-refractivity contribution is 9.10. The topological polar surface area (TPSA) is 69.7 Å². The van der Waals surface area contributed by atoms with Gasteiger partial charge < -0.3 is 9.47 Å². The molecule has 2 aliphatic carbocycles. The lowest BCUT2D eigenvalue weighted by Crippen LogP contribution is -2.34. The van der Waals surface area contributed by atoms with E-state index in [0.29, 0.717) is 5.56 Å². The fraction of sp³-hybridized carbons (Fsp3) is 0.471. The van der Waals surface area contributed by atoms with Crippen molar-refractivity contribution in [3.8, 4) is 0 Å². The number of carbonyl (C=O) groups is 3. The molecule has 1 aromatic rings. The summed E-state index contributed by atoms with van der Waals surface area (Å²) in [7, 11) is 0. The molecule has 2 bridgehead atoms. The van der Waals surface area contributed by atoms with Gasteiger partial charge in [0.25, 0.3) is 0 Å². The largest absolute Gasteiger partial charge is 0.462 e. The Balaban J connectivity index is 1.40. The van der Waals surface area contributed by atoms with Gasteiger partial charge in [-0.15, -0.1) is 0 Å². The van der Waals surface area contributed by atoms with Gasteiger partial charge in [0.1, 0.15) is 6.10 Å². The second-order valence-corrected chi connectivity index (χ2v) is 7.38. The van der Waals surface area contributed by atoms with E-state index in [9.17, 15) is 14.4 Å². The summed E-state index contributed by atoms with van der Waals surface area (Å²) in [6.45, 7) is -0.292. The van der Waals surface area contributed by atoms with E-state index in [4.69, 9.17) is 9.47 Å². The van der Waals surface area contributed by atoms with Crippen molar-refractivity contribution in [3.63, 3.8) is 0 Å². The lowest BCUT2D eigenvalue weighted by molar-refractivity contribution is -0.154. The summed E-state index contributed by atoms with van der Waals surface area (Å²) in [6.07, 6.45) is 1.58. The first-order valence-electron chi connectivity index (χ1n) is 7.70. The molecular weight excluding hydrogens is 364 g/mol. The second-order valence-electron chi connectivity index (χ2n) is 6.46. The van der Waals surface area contributed by atoms with Crippen molar-refractivity contribution in [1.29, 1.82) is 0 Å². The Morgan fingerprint density at radius 3 is 2.70 bits per heavy atom. The molecule has 1 saturated heterocycles. The molecule has 0 amide bonds. The molecule has 1 aromatic carbocycles. The number of ketones is 1. The quantitative estimate of drug-likeness (QED) is 0.594. The number of carbonyl (C=O) groups excluding carboxylic acids is 3. The Morgan fingerprint density at radius 1 is 1.22 bits per heavy atom. The fourth-order valence-corrected chi connectivity index (χ4v) is 4.54. The summed E-state index contributed by atoms with van der Waals surface area (Å²) in [5, 5.41) is 0. The van der Waals surface area contributed by atoms with Crippen LogP contribution < -0.4 is 0 Å². The minimum atomic E-state index is -0.441. The predicted octanol–water partition coefficient (Wildman–Crippen LogP) is 2.37.